The number of nitrogens with two attached hydrogens (primary N) is 1. The predicted molar refractivity (Wildman–Crippen MR) is 91.1 cm³/mol. The van der Waals surface area contributed by atoms with Crippen molar-refractivity contribution in [2.45, 2.75) is 18.7 Å². The highest BCUT2D eigenvalue weighted by atomic mass is 32.1. The number of urea groups is 1. The van der Waals surface area contributed by atoms with Crippen LogP contribution in [0.5, 0.6) is 0 Å². The number of carboxylic acid groups (broad SMARTS) is 1. The molecule has 3 amide bonds. The van der Waals surface area contributed by atoms with Gasteiger partial charge in [0.1, 0.15) is 12.6 Å². The summed E-state index contributed by atoms with van der Waals surface area (Å²) in [6.45, 7) is 0.364. The van der Waals surface area contributed by atoms with Gasteiger partial charge in [0, 0.05) is 4.88 Å². The van der Waals surface area contributed by atoms with Crippen LogP contribution in [0, 0.1) is 0 Å². The minimum Gasteiger partial charge on any atom is -0.479 e. The Bertz CT molecular complexity index is 897. The van der Waals surface area contributed by atoms with Gasteiger partial charge in [0.05, 0.1) is 11.4 Å². The molecule has 2 aliphatic rings. The van der Waals surface area contributed by atoms with E-state index in [9.17, 15) is 19.5 Å². The molecule has 0 aliphatic carbocycles. The molecule has 2 aromatic rings. The van der Waals surface area contributed by atoms with Crippen molar-refractivity contribution < 1.29 is 24.3 Å². The van der Waals surface area contributed by atoms with E-state index in [1.54, 1.807) is 6.07 Å². The Morgan fingerprint density at radius 1 is 1.31 bits per heavy atom. The highest BCUT2D eigenvalue weighted by Crippen LogP contribution is 2.47. The molecule has 0 saturated carbocycles. The van der Waals surface area contributed by atoms with Gasteiger partial charge in [-0.1, -0.05) is 30.3 Å². The van der Waals surface area contributed by atoms with Gasteiger partial charge in [-0.05, 0) is 17.2 Å². The van der Waals surface area contributed by atoms with Gasteiger partial charge >= 0.3 is 12.0 Å². The molecule has 0 spiro atoms. The minimum absolute atomic E-state index is 0.177. The second-order valence-corrected chi connectivity index (χ2v) is 7.15. The van der Waals surface area contributed by atoms with E-state index >= 15 is 0 Å². The van der Waals surface area contributed by atoms with Gasteiger partial charge in [-0.25, -0.2) is 9.59 Å². The van der Waals surface area contributed by atoms with Crippen molar-refractivity contribution in [3.63, 3.8) is 0 Å². The Kier molecular flexibility index (Phi) is 3.89. The van der Waals surface area contributed by atoms with Crippen molar-refractivity contribution in [3.05, 3.63) is 57.3 Å². The zero-order valence-electron chi connectivity index (χ0n) is 13.5. The third-order valence-corrected chi connectivity index (χ3v) is 5.70. The number of primary amides is 1. The Hall–Kier alpha value is -2.91. The lowest BCUT2D eigenvalue weighted by Gasteiger charge is -2.27. The number of hydrogen-bond acceptors (Lipinski definition) is 5. The number of nitrogens with zero attached hydrogens (tertiary/aromatic N) is 2. The summed E-state index contributed by atoms with van der Waals surface area (Å²) in [6, 6.07) is 8.80. The van der Waals surface area contributed by atoms with E-state index in [0.29, 0.717) is 10.4 Å². The summed E-state index contributed by atoms with van der Waals surface area (Å²) in [5.41, 5.74) is 6.83. The van der Waals surface area contributed by atoms with Crippen molar-refractivity contribution in [1.82, 2.24) is 9.96 Å². The van der Waals surface area contributed by atoms with Crippen LogP contribution in [0.25, 0.3) is 0 Å². The van der Waals surface area contributed by atoms with Gasteiger partial charge < -0.3 is 15.7 Å². The summed E-state index contributed by atoms with van der Waals surface area (Å²) in [5, 5.41) is 10.8. The number of carbonyl (C=O) groups is 3. The first-order chi connectivity index (χ1) is 12.5. The van der Waals surface area contributed by atoms with Gasteiger partial charge in [-0.15, -0.1) is 11.3 Å². The topological polar surface area (TPSA) is 113 Å². The van der Waals surface area contributed by atoms with E-state index in [2.05, 4.69) is 0 Å². The van der Waals surface area contributed by atoms with Crippen molar-refractivity contribution in [1.29, 1.82) is 0 Å². The Balaban J connectivity index is 1.68. The second-order valence-electron chi connectivity index (χ2n) is 6.07. The quantitative estimate of drug-likeness (QED) is 0.831. The number of aliphatic carboxylic acids is 1. The number of hydrogen-bond donors (Lipinski definition) is 2. The van der Waals surface area contributed by atoms with Gasteiger partial charge in [-0.3, -0.25) is 9.63 Å². The summed E-state index contributed by atoms with van der Waals surface area (Å²) in [6.07, 6.45) is 0. The number of rotatable bonds is 5. The molecule has 0 radical (unpaired) electrons. The van der Waals surface area contributed by atoms with Crippen molar-refractivity contribution in [2.75, 3.05) is 6.54 Å². The van der Waals surface area contributed by atoms with Gasteiger partial charge in [0.2, 0.25) is 0 Å². The molecular formula is C17H15N3O5S. The molecule has 2 atom stereocenters. The molecule has 8 nitrogen and oxygen atoms in total. The molecule has 9 heteroatoms. The van der Waals surface area contributed by atoms with Crippen LogP contribution in [0.3, 0.4) is 0 Å². The third-order valence-electron chi connectivity index (χ3n) is 4.49. The molecule has 1 aromatic carbocycles. The van der Waals surface area contributed by atoms with Gasteiger partial charge in [-0.2, -0.15) is 5.06 Å². The summed E-state index contributed by atoms with van der Waals surface area (Å²) in [4.78, 5) is 43.6. The van der Waals surface area contributed by atoms with Crippen LogP contribution in [0.1, 0.15) is 37.8 Å². The van der Waals surface area contributed by atoms with Crippen LogP contribution in [-0.4, -0.2) is 39.5 Å². The summed E-state index contributed by atoms with van der Waals surface area (Å²) in [7, 11) is 0. The molecule has 3 heterocycles. The normalized spacial score (nSPS) is 21.0. The smallest absolute Gasteiger partial charge is 0.345 e. The summed E-state index contributed by atoms with van der Waals surface area (Å²) >= 11 is 1.01. The number of hydroxylamine groups is 2. The number of thiophene rings is 1. The maximum absolute atomic E-state index is 12.7. The molecule has 1 saturated heterocycles. The van der Waals surface area contributed by atoms with Crippen LogP contribution < -0.4 is 5.73 Å². The van der Waals surface area contributed by atoms with E-state index in [1.807, 2.05) is 30.3 Å². The molecule has 4 rings (SSSR count). The van der Waals surface area contributed by atoms with Crippen LogP contribution in [0.15, 0.2) is 36.4 Å². The van der Waals surface area contributed by atoms with Crippen LogP contribution in [-0.2, 0) is 16.2 Å². The monoisotopic (exact) mass is 373 g/mol. The highest BCUT2D eigenvalue weighted by molar-refractivity contribution is 7.14. The number of fused-ring (bicyclic) bond motifs is 4. The fourth-order valence-corrected chi connectivity index (χ4v) is 4.48. The summed E-state index contributed by atoms with van der Waals surface area (Å²) in [5.74, 6) is -1.77. The molecule has 26 heavy (non-hydrogen) atoms. The van der Waals surface area contributed by atoms with Crippen LogP contribution in [0.2, 0.25) is 0 Å². The maximum Gasteiger partial charge on any atom is 0.345 e. The molecule has 2 bridgehead atoms. The SMILES string of the molecule is NC(=O)c1cc2c(s1)[C@@H](C(=O)O)N1C[C@@H]2N(OCc2ccccc2)C1=O. The number of carboxylic acids is 1. The number of benzene rings is 1. The average Bonchev–Trinajstić information content (AvgIpc) is 3.17. The molecule has 1 fully saturated rings. The average molecular weight is 373 g/mol. The van der Waals surface area contributed by atoms with Crippen molar-refractivity contribution >= 4 is 29.2 Å². The van der Waals surface area contributed by atoms with E-state index < -0.39 is 30.0 Å². The van der Waals surface area contributed by atoms with Gasteiger partial charge in [0.15, 0.2) is 6.04 Å². The van der Waals surface area contributed by atoms with Crippen LogP contribution in [0.4, 0.5) is 4.79 Å². The van der Waals surface area contributed by atoms with E-state index in [4.69, 9.17) is 10.6 Å². The maximum atomic E-state index is 12.7. The second kappa shape index (κ2) is 6.11. The molecule has 134 valence electrons. The lowest BCUT2D eigenvalue weighted by molar-refractivity contribution is -0.143. The fraction of sp³-hybridized carbons (Fsp3) is 0.235. The summed E-state index contributed by atoms with van der Waals surface area (Å²) < 4.78 is 0. The lowest BCUT2D eigenvalue weighted by atomic mass is 9.99. The van der Waals surface area contributed by atoms with Gasteiger partial charge in [0.25, 0.3) is 5.91 Å². The molecule has 2 aliphatic heterocycles. The first-order valence-electron chi connectivity index (χ1n) is 7.90. The zero-order chi connectivity index (χ0) is 18.4. The first-order valence-corrected chi connectivity index (χ1v) is 8.72. The Morgan fingerprint density at radius 2 is 2.04 bits per heavy atom. The largest absolute Gasteiger partial charge is 0.479 e. The van der Waals surface area contributed by atoms with E-state index in [1.165, 1.54) is 9.96 Å². The first kappa shape index (κ1) is 16.6. The lowest BCUT2D eigenvalue weighted by Crippen LogP contribution is -2.37. The predicted octanol–water partition coefficient (Wildman–Crippen LogP) is 1.90. The molecule has 0 unspecified atom stereocenters. The van der Waals surface area contributed by atoms with Crippen LogP contribution >= 0.6 is 11.3 Å². The minimum atomic E-state index is -1.15. The number of carbonyl (C=O) groups excluding carboxylic acids is 2. The Morgan fingerprint density at radius 3 is 2.69 bits per heavy atom. The standard InChI is InChI=1S/C17H15N3O5S/c18-15(21)12-6-10-11-7-19(13(16(22)23)14(10)26-12)17(24)20(11)25-8-9-4-2-1-3-5-9/h1-6,11,13H,7-8H2,(H2,18,21)(H,22,23)/t11-,13-/m0/s1. The zero-order valence-corrected chi connectivity index (χ0v) is 14.3. The number of amides is 3. The van der Waals surface area contributed by atoms with E-state index in [-0.39, 0.29) is 18.0 Å². The molecular weight excluding hydrogens is 358 g/mol. The Labute approximate surface area is 152 Å². The van der Waals surface area contributed by atoms with Crippen molar-refractivity contribution in [2.24, 2.45) is 5.73 Å². The highest BCUT2D eigenvalue weighted by Gasteiger charge is 2.52. The molecule has 3 N–H and O–H groups in total. The van der Waals surface area contributed by atoms with Crippen molar-refractivity contribution in [3.8, 4) is 0 Å². The third kappa shape index (κ3) is 2.52. The molecule has 1 aromatic heterocycles. The fourth-order valence-electron chi connectivity index (χ4n) is 3.30. The van der Waals surface area contributed by atoms with E-state index in [0.717, 1.165) is 16.9 Å².